The predicted octanol–water partition coefficient (Wildman–Crippen LogP) is 5.23. The number of ketones is 1. The Morgan fingerprint density at radius 1 is 1.24 bits per heavy atom. The number of halogens is 1. The second-order valence-electron chi connectivity index (χ2n) is 8.38. The van der Waals surface area contributed by atoms with E-state index in [0.717, 1.165) is 61.8 Å². The molecule has 0 atom stereocenters. The molecule has 1 N–H and O–H groups in total. The van der Waals surface area contributed by atoms with Gasteiger partial charge in [-0.1, -0.05) is 41.1 Å². The van der Waals surface area contributed by atoms with Gasteiger partial charge in [0.05, 0.1) is 30.0 Å². The van der Waals surface area contributed by atoms with Gasteiger partial charge in [-0.2, -0.15) is 0 Å². The van der Waals surface area contributed by atoms with Crippen LogP contribution < -0.4 is 5.32 Å². The molecule has 1 fully saturated rings. The monoisotopic (exact) mass is 480 g/mol. The zero-order chi connectivity index (χ0) is 22.8. The van der Waals surface area contributed by atoms with E-state index in [1.165, 1.54) is 22.6 Å². The number of hydrogen-bond donors (Lipinski definition) is 1. The molecule has 0 spiro atoms. The van der Waals surface area contributed by atoms with Gasteiger partial charge in [0.25, 0.3) is 0 Å². The Labute approximate surface area is 202 Å². The van der Waals surface area contributed by atoms with E-state index >= 15 is 0 Å². The minimum absolute atomic E-state index is 0.0167. The number of carbonyl (C=O) groups excluding carboxylic acids is 1. The van der Waals surface area contributed by atoms with Gasteiger partial charge >= 0.3 is 0 Å². The lowest BCUT2D eigenvalue weighted by Gasteiger charge is -2.26. The zero-order valence-electron chi connectivity index (χ0n) is 18.4. The van der Waals surface area contributed by atoms with E-state index in [0.29, 0.717) is 15.0 Å². The maximum Gasteiger partial charge on any atom is 0.187 e. The number of carbonyl (C=O) groups is 1. The fourth-order valence-corrected chi connectivity index (χ4v) is 5.22. The minimum atomic E-state index is 0.0167. The molecule has 2 aromatic carbocycles. The van der Waals surface area contributed by atoms with Crippen LogP contribution in [0.4, 0.5) is 16.5 Å². The number of nitrogens with one attached hydrogen (secondary N) is 1. The van der Waals surface area contributed by atoms with Gasteiger partial charge in [-0.15, -0.1) is 0 Å². The summed E-state index contributed by atoms with van der Waals surface area (Å²) in [6.07, 6.45) is 2.80. The Bertz CT molecular complexity index is 1200. The molecule has 3 aromatic rings. The van der Waals surface area contributed by atoms with Crippen LogP contribution in [0.15, 0.2) is 47.6 Å². The molecule has 0 unspecified atom stereocenters. The van der Waals surface area contributed by atoms with Crippen LogP contribution in [0.25, 0.3) is 0 Å². The molecule has 0 bridgehead atoms. The average molecular weight is 481 g/mol. The van der Waals surface area contributed by atoms with Gasteiger partial charge in [-0.3, -0.25) is 14.7 Å². The Kier molecular flexibility index (Phi) is 6.55. The second-order valence-corrected chi connectivity index (χ2v) is 9.81. The van der Waals surface area contributed by atoms with Crippen molar-refractivity contribution >= 4 is 50.9 Å². The van der Waals surface area contributed by atoms with Crippen LogP contribution in [0.2, 0.25) is 5.02 Å². The van der Waals surface area contributed by atoms with Crippen molar-refractivity contribution in [1.29, 1.82) is 0 Å². The number of rotatable bonds is 7. The third-order valence-electron chi connectivity index (χ3n) is 5.99. The standard InChI is InChI=1S/C25H25ClN4O2S/c1-16-3-2-4-21(26)20(16)13-23(31)24-14-27-25(33-24)29-18-6-5-17-11-19(28-22(17)12-18)15-30-7-9-32-10-8-30/h2-6,12,14H,7-11,13,15H2,1H3,(H,27,29). The van der Waals surface area contributed by atoms with Crippen LogP contribution in [0, 0.1) is 6.92 Å². The Balaban J connectivity index is 1.24. The molecule has 0 amide bonds. The van der Waals surface area contributed by atoms with Crippen molar-refractivity contribution in [2.24, 2.45) is 4.99 Å². The molecule has 6 nitrogen and oxygen atoms in total. The molecule has 8 heteroatoms. The summed E-state index contributed by atoms with van der Waals surface area (Å²) in [5.74, 6) is 0.0167. The smallest absolute Gasteiger partial charge is 0.187 e. The zero-order valence-corrected chi connectivity index (χ0v) is 20.0. The number of anilines is 2. The first-order valence-corrected chi connectivity index (χ1v) is 12.2. The number of aryl methyl sites for hydroxylation is 1. The highest BCUT2D eigenvalue weighted by atomic mass is 35.5. The van der Waals surface area contributed by atoms with Crippen LogP contribution in [0.3, 0.4) is 0 Å². The number of nitrogens with zero attached hydrogens (tertiary/aromatic N) is 3. The van der Waals surface area contributed by atoms with E-state index in [4.69, 9.17) is 21.3 Å². The first-order valence-electron chi connectivity index (χ1n) is 11.0. The van der Waals surface area contributed by atoms with Gasteiger partial charge in [-0.05, 0) is 41.8 Å². The summed E-state index contributed by atoms with van der Waals surface area (Å²) in [6.45, 7) is 6.38. The summed E-state index contributed by atoms with van der Waals surface area (Å²) in [5.41, 5.74) is 6.25. The molecule has 3 heterocycles. The maximum atomic E-state index is 12.8. The van der Waals surface area contributed by atoms with E-state index < -0.39 is 0 Å². The van der Waals surface area contributed by atoms with Crippen molar-refractivity contribution in [2.45, 2.75) is 19.8 Å². The third-order valence-corrected chi connectivity index (χ3v) is 7.30. The first kappa shape index (κ1) is 22.2. The molecule has 0 aliphatic carbocycles. The Morgan fingerprint density at radius 2 is 2.09 bits per heavy atom. The molecule has 5 rings (SSSR count). The summed E-state index contributed by atoms with van der Waals surface area (Å²) in [6, 6.07) is 11.9. The molecule has 0 saturated carbocycles. The quantitative estimate of drug-likeness (QED) is 0.469. The van der Waals surface area contributed by atoms with Gasteiger partial charge < -0.3 is 10.1 Å². The van der Waals surface area contributed by atoms with Crippen molar-refractivity contribution < 1.29 is 9.53 Å². The number of Topliss-reactive ketones (excluding diaryl/α,β-unsaturated/α-hetero) is 1. The number of ether oxygens (including phenoxy) is 1. The van der Waals surface area contributed by atoms with Crippen LogP contribution in [-0.2, 0) is 17.6 Å². The van der Waals surface area contributed by atoms with Crippen LogP contribution in [0.1, 0.15) is 26.4 Å². The van der Waals surface area contributed by atoms with Crippen LogP contribution in [-0.4, -0.2) is 54.2 Å². The SMILES string of the molecule is Cc1cccc(Cl)c1CC(=O)c1cnc(Nc2ccc3c(c2)N=C(CN2CCOCC2)C3)s1. The molecule has 0 radical (unpaired) electrons. The van der Waals surface area contributed by atoms with Crippen molar-refractivity contribution in [1.82, 2.24) is 9.88 Å². The van der Waals surface area contributed by atoms with Gasteiger partial charge in [0, 0.05) is 48.9 Å². The number of thiazole rings is 1. The summed E-state index contributed by atoms with van der Waals surface area (Å²) in [4.78, 5) is 25.1. The lowest BCUT2D eigenvalue weighted by molar-refractivity contribution is 0.0452. The number of benzene rings is 2. The number of aromatic nitrogens is 1. The predicted molar refractivity (Wildman–Crippen MR) is 134 cm³/mol. The summed E-state index contributed by atoms with van der Waals surface area (Å²) < 4.78 is 5.43. The number of aliphatic imine (C=N–C) groups is 1. The second kappa shape index (κ2) is 9.73. The van der Waals surface area contributed by atoms with Crippen molar-refractivity contribution in [3.8, 4) is 0 Å². The third kappa shape index (κ3) is 5.17. The van der Waals surface area contributed by atoms with Gasteiger partial charge in [0.15, 0.2) is 10.9 Å². The average Bonchev–Trinajstić information content (AvgIpc) is 3.43. The molecule has 1 aromatic heterocycles. The molecule has 1 saturated heterocycles. The lowest BCUT2D eigenvalue weighted by Crippen LogP contribution is -2.39. The fourth-order valence-electron chi connectivity index (χ4n) is 4.16. The fraction of sp³-hybridized carbons (Fsp3) is 0.320. The highest BCUT2D eigenvalue weighted by Gasteiger charge is 2.20. The van der Waals surface area contributed by atoms with Crippen molar-refractivity contribution in [3.05, 3.63) is 69.2 Å². The van der Waals surface area contributed by atoms with Crippen LogP contribution in [0.5, 0.6) is 0 Å². The van der Waals surface area contributed by atoms with E-state index in [-0.39, 0.29) is 12.2 Å². The van der Waals surface area contributed by atoms with E-state index in [2.05, 4.69) is 27.3 Å². The number of hydrogen-bond acceptors (Lipinski definition) is 7. The summed E-state index contributed by atoms with van der Waals surface area (Å²) in [7, 11) is 0. The summed E-state index contributed by atoms with van der Waals surface area (Å²) >= 11 is 7.64. The van der Waals surface area contributed by atoms with Gasteiger partial charge in [0.1, 0.15) is 0 Å². The molecule has 2 aliphatic rings. The highest BCUT2D eigenvalue weighted by molar-refractivity contribution is 7.17. The summed E-state index contributed by atoms with van der Waals surface area (Å²) in [5, 5.41) is 4.63. The number of fused-ring (bicyclic) bond motifs is 1. The van der Waals surface area contributed by atoms with E-state index in [1.807, 2.05) is 31.2 Å². The first-order chi connectivity index (χ1) is 16.0. The Morgan fingerprint density at radius 3 is 2.91 bits per heavy atom. The minimum Gasteiger partial charge on any atom is -0.379 e. The lowest BCUT2D eigenvalue weighted by atomic mass is 10.0. The highest BCUT2D eigenvalue weighted by Crippen LogP contribution is 2.32. The van der Waals surface area contributed by atoms with E-state index in [9.17, 15) is 4.79 Å². The van der Waals surface area contributed by atoms with Crippen LogP contribution >= 0.6 is 22.9 Å². The van der Waals surface area contributed by atoms with Crippen molar-refractivity contribution in [3.63, 3.8) is 0 Å². The van der Waals surface area contributed by atoms with Gasteiger partial charge in [0.2, 0.25) is 0 Å². The normalized spacial score (nSPS) is 15.9. The maximum absolute atomic E-state index is 12.8. The molecule has 2 aliphatic heterocycles. The van der Waals surface area contributed by atoms with E-state index in [1.54, 1.807) is 6.20 Å². The van der Waals surface area contributed by atoms with Gasteiger partial charge in [-0.25, -0.2) is 4.98 Å². The largest absolute Gasteiger partial charge is 0.379 e. The topological polar surface area (TPSA) is 66.8 Å². The van der Waals surface area contributed by atoms with Crippen molar-refractivity contribution in [2.75, 3.05) is 38.2 Å². The molecule has 170 valence electrons. The molecular formula is C25H25ClN4O2S. The molecule has 33 heavy (non-hydrogen) atoms. The number of morpholine rings is 1. The Hall–Kier alpha value is -2.58. The molecular weight excluding hydrogens is 456 g/mol.